The fraction of sp³-hybridized carbons (Fsp3) is 0.412. The number of carbonyl (C=O) groups is 1. The zero-order valence-electron chi connectivity index (χ0n) is 13.4. The van der Waals surface area contributed by atoms with E-state index in [1.165, 1.54) is 0 Å². The van der Waals surface area contributed by atoms with Gasteiger partial charge >= 0.3 is 6.01 Å². The number of pyridine rings is 1. The van der Waals surface area contributed by atoms with Crippen LogP contribution in [0.3, 0.4) is 0 Å². The molecule has 1 amide bonds. The third kappa shape index (κ3) is 4.03. The molecule has 0 spiro atoms. The van der Waals surface area contributed by atoms with Crippen molar-refractivity contribution in [3.05, 3.63) is 47.5 Å². The van der Waals surface area contributed by atoms with Crippen molar-refractivity contribution in [1.29, 1.82) is 0 Å². The van der Waals surface area contributed by atoms with Crippen LogP contribution >= 0.6 is 0 Å². The molecule has 1 aliphatic heterocycles. The lowest BCUT2D eigenvalue weighted by Gasteiger charge is -2.17. The van der Waals surface area contributed by atoms with Crippen LogP contribution in [0.25, 0.3) is 0 Å². The van der Waals surface area contributed by atoms with Gasteiger partial charge in [0.25, 0.3) is 0 Å². The zero-order valence-corrected chi connectivity index (χ0v) is 13.4. The Morgan fingerprint density at radius 1 is 1.35 bits per heavy atom. The van der Waals surface area contributed by atoms with E-state index in [4.69, 9.17) is 4.74 Å². The monoisotopic (exact) mass is 312 g/mol. The molecule has 120 valence electrons. The summed E-state index contributed by atoms with van der Waals surface area (Å²) >= 11 is 0. The van der Waals surface area contributed by atoms with E-state index >= 15 is 0 Å². The smallest absolute Gasteiger partial charge is 0.317 e. The highest BCUT2D eigenvalue weighted by molar-refractivity contribution is 5.79. The molecule has 1 fully saturated rings. The minimum absolute atomic E-state index is 0.0472. The lowest BCUT2D eigenvalue weighted by atomic mass is 10.2. The number of carbonyl (C=O) groups excluding carboxylic acids is 1. The lowest BCUT2D eigenvalue weighted by molar-refractivity contribution is -0.129. The number of amides is 1. The Kier molecular flexibility index (Phi) is 4.50. The molecule has 2 aromatic rings. The van der Waals surface area contributed by atoms with Crippen molar-refractivity contribution >= 4 is 5.91 Å². The average molecular weight is 312 g/mol. The van der Waals surface area contributed by atoms with E-state index in [0.29, 0.717) is 25.5 Å². The van der Waals surface area contributed by atoms with Gasteiger partial charge in [0.1, 0.15) is 6.10 Å². The molecule has 1 atom stereocenters. The third-order valence-electron chi connectivity index (χ3n) is 3.81. The minimum Gasteiger partial charge on any atom is -0.458 e. The first kappa shape index (κ1) is 15.4. The van der Waals surface area contributed by atoms with Crippen LogP contribution in [0.15, 0.2) is 30.6 Å². The maximum atomic E-state index is 12.3. The van der Waals surface area contributed by atoms with Crippen LogP contribution in [-0.4, -0.2) is 45.0 Å². The highest BCUT2D eigenvalue weighted by atomic mass is 16.5. The predicted molar refractivity (Wildman–Crippen MR) is 85.1 cm³/mol. The van der Waals surface area contributed by atoms with Crippen LogP contribution in [-0.2, 0) is 11.2 Å². The van der Waals surface area contributed by atoms with Gasteiger partial charge in [-0.15, -0.1) is 0 Å². The van der Waals surface area contributed by atoms with Crippen molar-refractivity contribution in [1.82, 2.24) is 19.9 Å². The van der Waals surface area contributed by atoms with Gasteiger partial charge in [-0.25, -0.2) is 9.97 Å². The van der Waals surface area contributed by atoms with E-state index in [1.54, 1.807) is 12.4 Å². The largest absolute Gasteiger partial charge is 0.458 e. The molecule has 0 unspecified atom stereocenters. The Bertz CT molecular complexity index is 670. The first-order chi connectivity index (χ1) is 11.1. The Labute approximate surface area is 135 Å². The molecular weight excluding hydrogens is 292 g/mol. The van der Waals surface area contributed by atoms with Gasteiger partial charge in [-0.3, -0.25) is 9.78 Å². The molecule has 0 saturated carbocycles. The van der Waals surface area contributed by atoms with Crippen molar-refractivity contribution in [2.24, 2.45) is 0 Å². The predicted octanol–water partition coefficient (Wildman–Crippen LogP) is 1.71. The molecule has 0 aliphatic carbocycles. The Hall–Kier alpha value is -2.50. The Morgan fingerprint density at radius 3 is 2.83 bits per heavy atom. The second-order valence-corrected chi connectivity index (χ2v) is 5.84. The molecular formula is C17H20N4O2. The summed E-state index contributed by atoms with van der Waals surface area (Å²) in [6.07, 6.45) is 4.56. The first-order valence-corrected chi connectivity index (χ1v) is 7.76. The first-order valence-electron chi connectivity index (χ1n) is 7.76. The highest BCUT2D eigenvalue weighted by Crippen LogP contribution is 2.17. The zero-order chi connectivity index (χ0) is 16.2. The number of hydrogen-bond donors (Lipinski definition) is 0. The van der Waals surface area contributed by atoms with Gasteiger partial charge in [-0.2, -0.15) is 0 Å². The molecule has 0 aromatic carbocycles. The van der Waals surface area contributed by atoms with Crippen LogP contribution in [0, 0.1) is 13.8 Å². The van der Waals surface area contributed by atoms with E-state index in [2.05, 4.69) is 15.0 Å². The lowest BCUT2D eigenvalue weighted by Crippen LogP contribution is -2.32. The second-order valence-electron chi connectivity index (χ2n) is 5.84. The molecule has 0 N–H and O–H groups in total. The van der Waals surface area contributed by atoms with Crippen molar-refractivity contribution in [3.8, 4) is 6.01 Å². The van der Waals surface area contributed by atoms with Gasteiger partial charge in [-0.05, 0) is 31.5 Å². The summed E-state index contributed by atoms with van der Waals surface area (Å²) in [5.41, 5.74) is 2.70. The summed E-state index contributed by atoms with van der Waals surface area (Å²) in [6.45, 7) is 5.11. The number of hydrogen-bond acceptors (Lipinski definition) is 5. The van der Waals surface area contributed by atoms with E-state index in [0.717, 1.165) is 23.4 Å². The van der Waals surface area contributed by atoms with E-state index in [1.807, 2.05) is 36.9 Å². The van der Waals surface area contributed by atoms with E-state index in [-0.39, 0.29) is 12.0 Å². The van der Waals surface area contributed by atoms with Crippen molar-refractivity contribution in [3.63, 3.8) is 0 Å². The molecule has 3 heterocycles. The number of ether oxygens (including phenoxy) is 1. The van der Waals surface area contributed by atoms with Gasteiger partial charge < -0.3 is 9.64 Å². The minimum atomic E-state index is -0.0472. The summed E-state index contributed by atoms with van der Waals surface area (Å²) in [4.78, 5) is 26.8. The van der Waals surface area contributed by atoms with Gasteiger partial charge in [0, 0.05) is 36.7 Å². The molecule has 0 radical (unpaired) electrons. The quantitative estimate of drug-likeness (QED) is 0.860. The Balaban J connectivity index is 1.56. The van der Waals surface area contributed by atoms with Crippen molar-refractivity contribution < 1.29 is 9.53 Å². The summed E-state index contributed by atoms with van der Waals surface area (Å²) in [5.74, 6) is 0.102. The summed E-state index contributed by atoms with van der Waals surface area (Å²) < 4.78 is 5.84. The third-order valence-corrected chi connectivity index (χ3v) is 3.81. The van der Waals surface area contributed by atoms with Crippen LogP contribution < -0.4 is 4.74 Å². The number of nitrogens with zero attached hydrogens (tertiary/aromatic N) is 4. The molecule has 23 heavy (non-hydrogen) atoms. The second kappa shape index (κ2) is 6.73. The Morgan fingerprint density at radius 2 is 2.13 bits per heavy atom. The number of aryl methyl sites for hydroxylation is 2. The van der Waals surface area contributed by atoms with Crippen molar-refractivity contribution in [2.75, 3.05) is 13.1 Å². The maximum absolute atomic E-state index is 12.3. The number of rotatable bonds is 4. The van der Waals surface area contributed by atoms with Crippen LogP contribution in [0.4, 0.5) is 0 Å². The molecule has 3 rings (SSSR count). The fourth-order valence-corrected chi connectivity index (χ4v) is 2.74. The van der Waals surface area contributed by atoms with Crippen LogP contribution in [0.2, 0.25) is 0 Å². The highest BCUT2D eigenvalue weighted by Gasteiger charge is 2.28. The van der Waals surface area contributed by atoms with Crippen molar-refractivity contribution in [2.45, 2.75) is 32.8 Å². The van der Waals surface area contributed by atoms with Gasteiger partial charge in [0.05, 0.1) is 13.0 Å². The maximum Gasteiger partial charge on any atom is 0.317 e. The number of likely N-dealkylation sites (tertiary alicyclic amines) is 1. The molecule has 6 heteroatoms. The van der Waals surface area contributed by atoms with Crippen LogP contribution in [0.1, 0.15) is 23.4 Å². The molecule has 2 aromatic heterocycles. The molecule has 0 bridgehead atoms. The van der Waals surface area contributed by atoms with E-state index in [9.17, 15) is 4.79 Å². The summed E-state index contributed by atoms with van der Waals surface area (Å²) in [7, 11) is 0. The number of aromatic nitrogens is 3. The average Bonchev–Trinajstić information content (AvgIpc) is 2.96. The summed E-state index contributed by atoms with van der Waals surface area (Å²) in [6, 6.07) is 6.06. The molecule has 1 aliphatic rings. The summed E-state index contributed by atoms with van der Waals surface area (Å²) in [5, 5.41) is 0. The normalized spacial score (nSPS) is 17.3. The van der Waals surface area contributed by atoms with Gasteiger partial charge in [0.2, 0.25) is 5.91 Å². The topological polar surface area (TPSA) is 68.2 Å². The standard InChI is InChI=1S/C17H20N4O2/c1-12-8-13(2)20-17(19-12)23-15-5-7-21(11-15)16(22)9-14-4-3-6-18-10-14/h3-4,6,8,10,15H,5,7,9,11H2,1-2H3/t15-/m0/s1. The fourth-order valence-electron chi connectivity index (χ4n) is 2.74. The van der Waals surface area contributed by atoms with E-state index < -0.39 is 0 Å². The van der Waals surface area contributed by atoms with Crippen LogP contribution in [0.5, 0.6) is 6.01 Å². The van der Waals surface area contributed by atoms with Gasteiger partial charge in [-0.1, -0.05) is 6.07 Å². The molecule has 1 saturated heterocycles. The SMILES string of the molecule is Cc1cc(C)nc(O[C@H]2CCN(C(=O)Cc3cccnc3)C2)n1. The van der Waals surface area contributed by atoms with Gasteiger partial charge in [0.15, 0.2) is 0 Å². The molecule has 6 nitrogen and oxygen atoms in total.